The van der Waals surface area contributed by atoms with Crippen molar-refractivity contribution in [3.63, 3.8) is 0 Å². The van der Waals surface area contributed by atoms with E-state index in [1.165, 1.54) is 7.11 Å². The number of H-pyrrole nitrogens is 1. The van der Waals surface area contributed by atoms with Gasteiger partial charge < -0.3 is 14.2 Å². The molecule has 1 N–H and O–H groups in total. The second-order valence-electron chi connectivity index (χ2n) is 5.75. The summed E-state index contributed by atoms with van der Waals surface area (Å²) < 4.78 is 16.2. The Morgan fingerprint density at radius 1 is 1.07 bits per heavy atom. The van der Waals surface area contributed by atoms with Crippen LogP contribution in [0, 0.1) is 0 Å². The van der Waals surface area contributed by atoms with E-state index < -0.39 is 5.97 Å². The van der Waals surface area contributed by atoms with Gasteiger partial charge in [0.1, 0.15) is 12.3 Å². The Kier molecular flexibility index (Phi) is 6.84. The highest BCUT2D eigenvalue weighted by Gasteiger charge is 2.23. The number of hydrogen-bond acceptors (Lipinski definition) is 6. The second-order valence-corrected chi connectivity index (χ2v) is 7.00. The first-order chi connectivity index (χ1) is 13.9. The molecule has 1 heterocycles. The lowest BCUT2D eigenvalue weighted by Gasteiger charge is -2.14. The van der Waals surface area contributed by atoms with Crippen LogP contribution in [0.4, 0.5) is 0 Å². The summed E-state index contributed by atoms with van der Waals surface area (Å²) in [6, 6.07) is 8.32. The van der Waals surface area contributed by atoms with E-state index in [1.54, 1.807) is 37.3 Å². The Morgan fingerprint density at radius 3 is 2.55 bits per heavy atom. The van der Waals surface area contributed by atoms with Crippen molar-refractivity contribution in [2.75, 3.05) is 13.7 Å². The summed E-state index contributed by atoms with van der Waals surface area (Å²) in [5.41, 5.74) is 1.47. The zero-order chi connectivity index (χ0) is 21.0. The highest BCUT2D eigenvalue weighted by Crippen LogP contribution is 2.39. The van der Waals surface area contributed by atoms with Crippen molar-refractivity contribution in [3.8, 4) is 22.8 Å². The molecule has 0 saturated carbocycles. The Labute approximate surface area is 181 Å². The van der Waals surface area contributed by atoms with Crippen LogP contribution in [0.3, 0.4) is 0 Å². The standard InChI is InChI=1S/C19H16Cl3N3O4/c1-3-28-19(26)18-17(23-25-24-18)12-7-15(27-2)16(8-14(12)22)29-9-10-4-5-11(20)6-13(10)21/h4-8H,3,9H2,1-2H3,(H,23,24,25). The van der Waals surface area contributed by atoms with Gasteiger partial charge in [0.15, 0.2) is 17.2 Å². The smallest absolute Gasteiger partial charge is 0.361 e. The van der Waals surface area contributed by atoms with Crippen molar-refractivity contribution in [2.24, 2.45) is 0 Å². The van der Waals surface area contributed by atoms with Crippen LogP contribution in [-0.2, 0) is 11.3 Å². The number of rotatable bonds is 7. The molecule has 2 aromatic carbocycles. The second kappa shape index (κ2) is 9.35. The van der Waals surface area contributed by atoms with Gasteiger partial charge in [-0.3, -0.25) is 0 Å². The minimum absolute atomic E-state index is 0.0254. The number of esters is 1. The maximum Gasteiger partial charge on any atom is 0.361 e. The number of ether oxygens (including phenoxy) is 3. The molecule has 0 atom stereocenters. The van der Waals surface area contributed by atoms with Gasteiger partial charge in [0.2, 0.25) is 0 Å². The van der Waals surface area contributed by atoms with Crippen molar-refractivity contribution in [2.45, 2.75) is 13.5 Å². The first kappa shape index (κ1) is 21.2. The maximum absolute atomic E-state index is 12.1. The molecule has 0 saturated heterocycles. The normalized spacial score (nSPS) is 10.7. The van der Waals surface area contributed by atoms with Gasteiger partial charge in [0, 0.05) is 27.2 Å². The SMILES string of the molecule is CCOC(=O)c1n[nH]nc1-c1cc(OC)c(OCc2ccc(Cl)cc2Cl)cc1Cl. The largest absolute Gasteiger partial charge is 0.493 e. The molecule has 1 aromatic heterocycles. The number of benzene rings is 2. The van der Waals surface area contributed by atoms with Crippen molar-refractivity contribution >= 4 is 40.8 Å². The molecule has 152 valence electrons. The molecular formula is C19H16Cl3N3O4. The molecule has 0 aliphatic rings. The van der Waals surface area contributed by atoms with E-state index in [-0.39, 0.29) is 24.6 Å². The average molecular weight is 457 g/mol. The van der Waals surface area contributed by atoms with E-state index in [0.29, 0.717) is 32.1 Å². The molecule has 0 unspecified atom stereocenters. The first-order valence-corrected chi connectivity index (χ1v) is 9.60. The molecule has 3 rings (SSSR count). The summed E-state index contributed by atoms with van der Waals surface area (Å²) in [4.78, 5) is 12.1. The Bertz CT molecular complexity index is 1040. The first-order valence-electron chi connectivity index (χ1n) is 8.47. The van der Waals surface area contributed by atoms with Crippen LogP contribution in [0.15, 0.2) is 30.3 Å². The van der Waals surface area contributed by atoms with Gasteiger partial charge in [-0.25, -0.2) is 4.79 Å². The summed E-state index contributed by atoms with van der Waals surface area (Å²) in [6.07, 6.45) is 0. The van der Waals surface area contributed by atoms with Crippen LogP contribution in [0.25, 0.3) is 11.3 Å². The zero-order valence-electron chi connectivity index (χ0n) is 15.5. The van der Waals surface area contributed by atoms with E-state index in [4.69, 9.17) is 49.0 Å². The maximum atomic E-state index is 12.1. The van der Waals surface area contributed by atoms with E-state index in [9.17, 15) is 4.79 Å². The molecule has 0 aliphatic heterocycles. The fraction of sp³-hybridized carbons (Fsp3) is 0.211. The van der Waals surface area contributed by atoms with Gasteiger partial charge >= 0.3 is 5.97 Å². The number of halogens is 3. The Morgan fingerprint density at radius 2 is 1.86 bits per heavy atom. The van der Waals surface area contributed by atoms with E-state index >= 15 is 0 Å². The van der Waals surface area contributed by atoms with Gasteiger partial charge in [-0.2, -0.15) is 10.3 Å². The Hall–Kier alpha value is -2.48. The molecule has 0 bridgehead atoms. The third-order valence-corrected chi connectivity index (χ3v) is 4.82. The minimum atomic E-state index is -0.607. The summed E-state index contributed by atoms with van der Waals surface area (Å²) in [5.74, 6) is 0.185. The molecule has 0 spiro atoms. The molecular weight excluding hydrogens is 441 g/mol. The number of aromatic amines is 1. The number of carbonyl (C=O) groups is 1. The quantitative estimate of drug-likeness (QED) is 0.492. The molecule has 7 nitrogen and oxygen atoms in total. The van der Waals surface area contributed by atoms with Crippen LogP contribution < -0.4 is 9.47 Å². The van der Waals surface area contributed by atoms with Gasteiger partial charge in [-0.1, -0.05) is 40.9 Å². The average Bonchev–Trinajstić information content (AvgIpc) is 3.17. The third kappa shape index (κ3) is 4.75. The van der Waals surface area contributed by atoms with Crippen LogP contribution >= 0.6 is 34.8 Å². The van der Waals surface area contributed by atoms with Crippen molar-refractivity contribution in [3.05, 3.63) is 56.7 Å². The van der Waals surface area contributed by atoms with E-state index in [0.717, 1.165) is 5.56 Å². The van der Waals surface area contributed by atoms with Gasteiger partial charge in [0.05, 0.1) is 18.7 Å². The highest BCUT2D eigenvalue weighted by atomic mass is 35.5. The lowest BCUT2D eigenvalue weighted by molar-refractivity contribution is 0.0520. The number of hydrogen-bond donors (Lipinski definition) is 1. The lowest BCUT2D eigenvalue weighted by Crippen LogP contribution is -2.07. The van der Waals surface area contributed by atoms with Crippen LogP contribution in [0.1, 0.15) is 23.0 Å². The van der Waals surface area contributed by atoms with Gasteiger partial charge in [-0.15, -0.1) is 5.10 Å². The van der Waals surface area contributed by atoms with E-state index in [1.807, 2.05) is 0 Å². The fourth-order valence-electron chi connectivity index (χ4n) is 2.54. The zero-order valence-corrected chi connectivity index (χ0v) is 17.7. The third-order valence-electron chi connectivity index (χ3n) is 3.92. The van der Waals surface area contributed by atoms with Crippen molar-refractivity contribution in [1.82, 2.24) is 15.4 Å². The van der Waals surface area contributed by atoms with Crippen molar-refractivity contribution in [1.29, 1.82) is 0 Å². The summed E-state index contributed by atoms with van der Waals surface area (Å²) >= 11 is 18.5. The predicted octanol–water partition coefficient (Wildman–Crippen LogP) is 5.20. The topological polar surface area (TPSA) is 86.3 Å². The monoisotopic (exact) mass is 455 g/mol. The van der Waals surface area contributed by atoms with Gasteiger partial charge in [0.25, 0.3) is 0 Å². The molecule has 0 aliphatic carbocycles. The Balaban J connectivity index is 1.90. The molecule has 0 radical (unpaired) electrons. The van der Waals surface area contributed by atoms with E-state index in [2.05, 4.69) is 15.4 Å². The number of nitrogens with one attached hydrogen (secondary N) is 1. The lowest BCUT2D eigenvalue weighted by atomic mass is 10.1. The summed E-state index contributed by atoms with van der Waals surface area (Å²) in [7, 11) is 1.49. The number of carbonyl (C=O) groups excluding carboxylic acids is 1. The molecule has 0 fully saturated rings. The number of methoxy groups -OCH3 is 1. The molecule has 10 heteroatoms. The van der Waals surface area contributed by atoms with Crippen LogP contribution in [0.2, 0.25) is 15.1 Å². The number of nitrogens with zero attached hydrogens (tertiary/aromatic N) is 2. The van der Waals surface area contributed by atoms with Crippen LogP contribution in [-0.4, -0.2) is 35.1 Å². The summed E-state index contributed by atoms with van der Waals surface area (Å²) in [5, 5.41) is 11.6. The molecule has 0 amide bonds. The van der Waals surface area contributed by atoms with Gasteiger partial charge in [-0.05, 0) is 25.1 Å². The summed E-state index contributed by atoms with van der Waals surface area (Å²) in [6.45, 7) is 2.09. The molecule has 3 aromatic rings. The number of aromatic nitrogens is 3. The fourth-order valence-corrected chi connectivity index (χ4v) is 3.25. The molecule has 29 heavy (non-hydrogen) atoms. The highest BCUT2D eigenvalue weighted by molar-refractivity contribution is 6.35. The van der Waals surface area contributed by atoms with Crippen LogP contribution in [0.5, 0.6) is 11.5 Å². The van der Waals surface area contributed by atoms with Crippen molar-refractivity contribution < 1.29 is 19.0 Å². The minimum Gasteiger partial charge on any atom is -0.493 e. The predicted molar refractivity (Wildman–Crippen MR) is 110 cm³/mol.